The van der Waals surface area contributed by atoms with E-state index < -0.39 is 11.8 Å². The van der Waals surface area contributed by atoms with Crippen LogP contribution >= 0.6 is 12.2 Å². The van der Waals surface area contributed by atoms with E-state index in [-0.39, 0.29) is 16.7 Å². The fraction of sp³-hybridized carbons (Fsp3) is 0.353. The van der Waals surface area contributed by atoms with E-state index in [1.165, 1.54) is 18.1 Å². The molecular formula is C17H20N2O4S. The van der Waals surface area contributed by atoms with Gasteiger partial charge in [-0.2, -0.15) is 0 Å². The van der Waals surface area contributed by atoms with Gasteiger partial charge in [-0.1, -0.05) is 13.0 Å². The number of ether oxygens (including phenoxy) is 2. The summed E-state index contributed by atoms with van der Waals surface area (Å²) in [6, 6.07) is 5.06. The smallest absolute Gasteiger partial charge is 0.265 e. The second kappa shape index (κ2) is 7.44. The molecule has 0 unspecified atom stereocenters. The molecule has 0 radical (unpaired) electrons. The molecule has 6 nitrogen and oxygen atoms in total. The summed E-state index contributed by atoms with van der Waals surface area (Å²) in [7, 11) is 3.06. The highest BCUT2D eigenvalue weighted by Gasteiger charge is 2.35. The topological polar surface area (TPSA) is 67.9 Å². The highest BCUT2D eigenvalue weighted by molar-refractivity contribution is 7.80. The molecule has 0 aromatic heterocycles. The first-order valence-electron chi connectivity index (χ1n) is 7.55. The van der Waals surface area contributed by atoms with Gasteiger partial charge in [-0.15, -0.1) is 0 Å². The van der Waals surface area contributed by atoms with Crippen molar-refractivity contribution in [2.24, 2.45) is 0 Å². The first-order chi connectivity index (χ1) is 11.4. The Balaban J connectivity index is 2.42. The van der Waals surface area contributed by atoms with E-state index in [1.54, 1.807) is 25.3 Å². The number of methoxy groups -OCH3 is 2. The van der Waals surface area contributed by atoms with Gasteiger partial charge in [-0.05, 0) is 49.3 Å². The maximum Gasteiger partial charge on any atom is 0.265 e. The standard InChI is InChI=1S/C17H20N2O4S/c1-5-10(2)19-16(21)12(15(20)18-17(19)24)8-11-6-7-13(22-3)14(9-11)23-4/h6-10H,5H2,1-4H3,(H,18,20,24)/b12-8-/t10-/m0/s1. The van der Waals surface area contributed by atoms with Crippen molar-refractivity contribution in [3.63, 3.8) is 0 Å². The molecule has 1 fully saturated rings. The monoisotopic (exact) mass is 348 g/mol. The van der Waals surface area contributed by atoms with Crippen LogP contribution in [-0.4, -0.2) is 42.1 Å². The normalized spacial score (nSPS) is 17.8. The van der Waals surface area contributed by atoms with Gasteiger partial charge >= 0.3 is 0 Å². The van der Waals surface area contributed by atoms with Crippen LogP contribution in [0, 0.1) is 0 Å². The van der Waals surface area contributed by atoms with Gasteiger partial charge in [0.1, 0.15) is 5.57 Å². The Hall–Kier alpha value is -2.41. The van der Waals surface area contributed by atoms with Crippen molar-refractivity contribution in [1.82, 2.24) is 10.2 Å². The van der Waals surface area contributed by atoms with Crippen LogP contribution < -0.4 is 14.8 Å². The van der Waals surface area contributed by atoms with Crippen molar-refractivity contribution in [3.05, 3.63) is 29.3 Å². The Labute approximate surface area is 146 Å². The van der Waals surface area contributed by atoms with Gasteiger partial charge in [-0.3, -0.25) is 19.8 Å². The molecule has 0 saturated carbocycles. The third-order valence-corrected chi connectivity index (χ3v) is 4.18. The molecule has 2 amide bonds. The van der Waals surface area contributed by atoms with E-state index in [1.807, 2.05) is 13.8 Å². The minimum absolute atomic E-state index is 0.0381. The van der Waals surface area contributed by atoms with Crippen LogP contribution in [0.2, 0.25) is 0 Å². The van der Waals surface area contributed by atoms with Gasteiger partial charge in [0.15, 0.2) is 16.6 Å². The molecule has 0 aliphatic carbocycles. The number of hydrogen-bond acceptors (Lipinski definition) is 5. The second-order valence-electron chi connectivity index (χ2n) is 5.36. The minimum Gasteiger partial charge on any atom is -0.493 e. The predicted molar refractivity (Wildman–Crippen MR) is 94.9 cm³/mol. The zero-order valence-electron chi connectivity index (χ0n) is 14.1. The lowest BCUT2D eigenvalue weighted by Gasteiger charge is -2.33. The Morgan fingerprint density at radius 3 is 2.50 bits per heavy atom. The molecular weight excluding hydrogens is 328 g/mol. The average molecular weight is 348 g/mol. The molecule has 1 aromatic rings. The van der Waals surface area contributed by atoms with Crippen LogP contribution in [0.25, 0.3) is 6.08 Å². The number of amides is 2. The van der Waals surface area contributed by atoms with Gasteiger partial charge in [0.05, 0.1) is 14.2 Å². The molecule has 1 saturated heterocycles. The highest BCUT2D eigenvalue weighted by atomic mass is 32.1. The zero-order chi connectivity index (χ0) is 17.9. The van der Waals surface area contributed by atoms with Crippen molar-refractivity contribution in [1.29, 1.82) is 0 Å². The van der Waals surface area contributed by atoms with Gasteiger partial charge in [0, 0.05) is 6.04 Å². The van der Waals surface area contributed by atoms with Gasteiger partial charge in [0.25, 0.3) is 11.8 Å². The minimum atomic E-state index is -0.501. The zero-order valence-corrected chi connectivity index (χ0v) is 14.9. The number of nitrogens with one attached hydrogen (secondary N) is 1. The summed E-state index contributed by atoms with van der Waals surface area (Å²) in [6.45, 7) is 3.84. The molecule has 1 aliphatic heterocycles. The number of benzene rings is 1. The number of thiocarbonyl (C=S) groups is 1. The molecule has 1 heterocycles. The van der Waals surface area contributed by atoms with E-state index in [9.17, 15) is 9.59 Å². The summed E-state index contributed by atoms with van der Waals surface area (Å²) in [5.41, 5.74) is 0.694. The Bertz CT molecular complexity index is 715. The number of carbonyl (C=O) groups excluding carboxylic acids is 2. The summed E-state index contributed by atoms with van der Waals surface area (Å²) in [4.78, 5) is 26.3. The Morgan fingerprint density at radius 1 is 1.25 bits per heavy atom. The summed E-state index contributed by atoms with van der Waals surface area (Å²) in [5, 5.41) is 2.71. The Kier molecular flexibility index (Phi) is 5.56. The van der Waals surface area contributed by atoms with Crippen molar-refractivity contribution in [2.75, 3.05) is 14.2 Å². The van der Waals surface area contributed by atoms with Crippen LogP contribution in [0.3, 0.4) is 0 Å². The van der Waals surface area contributed by atoms with E-state index >= 15 is 0 Å². The number of hydrogen-bond donors (Lipinski definition) is 1. The number of rotatable bonds is 5. The molecule has 1 N–H and O–H groups in total. The lowest BCUT2D eigenvalue weighted by Crippen LogP contribution is -2.56. The van der Waals surface area contributed by atoms with Crippen molar-refractivity contribution < 1.29 is 19.1 Å². The SMILES string of the molecule is CC[C@H](C)N1C(=O)/C(=C\c2ccc(OC)c(OC)c2)C(=O)NC1=S. The molecule has 1 aromatic carbocycles. The van der Waals surface area contributed by atoms with Crippen molar-refractivity contribution in [2.45, 2.75) is 26.3 Å². The molecule has 1 aliphatic rings. The predicted octanol–water partition coefficient (Wildman–Crippen LogP) is 2.13. The largest absolute Gasteiger partial charge is 0.493 e. The fourth-order valence-electron chi connectivity index (χ4n) is 2.36. The van der Waals surface area contributed by atoms with Crippen molar-refractivity contribution >= 4 is 35.2 Å². The average Bonchev–Trinajstić information content (AvgIpc) is 2.57. The van der Waals surface area contributed by atoms with Crippen LogP contribution in [0.4, 0.5) is 0 Å². The lowest BCUT2D eigenvalue weighted by atomic mass is 10.1. The highest BCUT2D eigenvalue weighted by Crippen LogP contribution is 2.29. The third kappa shape index (κ3) is 3.41. The maximum atomic E-state index is 12.7. The van der Waals surface area contributed by atoms with Crippen LogP contribution in [0.15, 0.2) is 23.8 Å². The molecule has 128 valence electrons. The molecule has 2 rings (SSSR count). The number of carbonyl (C=O) groups is 2. The van der Waals surface area contributed by atoms with E-state index in [4.69, 9.17) is 21.7 Å². The summed E-state index contributed by atoms with van der Waals surface area (Å²) in [5.74, 6) is 0.193. The third-order valence-electron chi connectivity index (χ3n) is 3.88. The molecule has 0 spiro atoms. The molecule has 24 heavy (non-hydrogen) atoms. The summed E-state index contributed by atoms with van der Waals surface area (Å²) in [6.07, 6.45) is 2.25. The van der Waals surface area contributed by atoms with Gasteiger partial charge in [0.2, 0.25) is 0 Å². The maximum absolute atomic E-state index is 12.7. The summed E-state index contributed by atoms with van der Waals surface area (Å²) < 4.78 is 10.4. The van der Waals surface area contributed by atoms with Gasteiger partial charge < -0.3 is 9.47 Å². The summed E-state index contributed by atoms with van der Waals surface area (Å²) >= 11 is 5.12. The van der Waals surface area contributed by atoms with Gasteiger partial charge in [-0.25, -0.2) is 0 Å². The Morgan fingerprint density at radius 2 is 1.92 bits per heavy atom. The van der Waals surface area contributed by atoms with Crippen LogP contribution in [0.5, 0.6) is 11.5 Å². The quantitative estimate of drug-likeness (QED) is 0.502. The van der Waals surface area contributed by atoms with Crippen LogP contribution in [-0.2, 0) is 9.59 Å². The number of nitrogens with zero attached hydrogens (tertiary/aromatic N) is 1. The molecule has 1 atom stereocenters. The van der Waals surface area contributed by atoms with E-state index in [0.29, 0.717) is 17.1 Å². The van der Waals surface area contributed by atoms with E-state index in [2.05, 4.69) is 5.32 Å². The first-order valence-corrected chi connectivity index (χ1v) is 7.96. The molecule has 0 bridgehead atoms. The first kappa shape index (κ1) is 17.9. The fourth-order valence-corrected chi connectivity index (χ4v) is 2.72. The van der Waals surface area contributed by atoms with E-state index in [0.717, 1.165) is 6.42 Å². The van der Waals surface area contributed by atoms with Crippen LogP contribution in [0.1, 0.15) is 25.8 Å². The lowest BCUT2D eigenvalue weighted by molar-refractivity contribution is -0.130. The molecule has 7 heteroatoms. The van der Waals surface area contributed by atoms with Crippen molar-refractivity contribution in [3.8, 4) is 11.5 Å². The second-order valence-corrected chi connectivity index (χ2v) is 5.75.